The second kappa shape index (κ2) is 4.33. The molecule has 1 rings (SSSR count). The highest BCUT2D eigenvalue weighted by molar-refractivity contribution is 8.93. The fourth-order valence-corrected chi connectivity index (χ4v) is 0.509. The Kier molecular flexibility index (Phi) is 4.11. The van der Waals surface area contributed by atoms with Crippen molar-refractivity contribution in [3.05, 3.63) is 30.1 Å². The molecule has 0 aliphatic carbocycles. The van der Waals surface area contributed by atoms with Crippen molar-refractivity contribution in [2.75, 3.05) is 0 Å². The SMILES string of the molecule is Br.FC(F)c1ccncc1. The number of hydrogen-bond donors (Lipinski definition) is 0. The maximum atomic E-state index is 11.7. The minimum Gasteiger partial charge on any atom is -0.265 e. The second-order valence-electron chi connectivity index (χ2n) is 1.58. The van der Waals surface area contributed by atoms with E-state index < -0.39 is 6.43 Å². The molecule has 1 aromatic heterocycles. The molecule has 1 heterocycles. The molecule has 0 amide bonds. The summed E-state index contributed by atoms with van der Waals surface area (Å²) < 4.78 is 23.5. The Morgan fingerprint density at radius 3 is 2.00 bits per heavy atom. The van der Waals surface area contributed by atoms with E-state index in [1.807, 2.05) is 0 Å². The van der Waals surface area contributed by atoms with Crippen molar-refractivity contribution in [1.29, 1.82) is 0 Å². The van der Waals surface area contributed by atoms with E-state index in [9.17, 15) is 8.78 Å². The highest BCUT2D eigenvalue weighted by atomic mass is 79.9. The Labute approximate surface area is 67.9 Å². The maximum Gasteiger partial charge on any atom is 0.263 e. The van der Waals surface area contributed by atoms with Gasteiger partial charge in [-0.25, -0.2) is 8.78 Å². The van der Waals surface area contributed by atoms with Crippen molar-refractivity contribution in [2.45, 2.75) is 6.43 Å². The van der Waals surface area contributed by atoms with Crippen molar-refractivity contribution in [3.63, 3.8) is 0 Å². The van der Waals surface area contributed by atoms with Crippen LogP contribution in [0, 0.1) is 0 Å². The van der Waals surface area contributed by atoms with Crippen LogP contribution in [0.15, 0.2) is 24.5 Å². The standard InChI is InChI=1S/C6H5F2N.BrH/c7-6(8)5-1-3-9-4-2-5;/h1-4,6H;1H. The molecular weight excluding hydrogens is 204 g/mol. The summed E-state index contributed by atoms with van der Waals surface area (Å²) in [4.78, 5) is 3.59. The Bertz CT molecular complexity index is 178. The van der Waals surface area contributed by atoms with Crippen LogP contribution in [0.1, 0.15) is 12.0 Å². The van der Waals surface area contributed by atoms with Crippen molar-refractivity contribution in [2.24, 2.45) is 0 Å². The zero-order valence-electron chi connectivity index (χ0n) is 5.00. The molecule has 0 aliphatic rings. The van der Waals surface area contributed by atoms with Gasteiger partial charge in [0.2, 0.25) is 0 Å². The quantitative estimate of drug-likeness (QED) is 0.694. The molecule has 0 fully saturated rings. The van der Waals surface area contributed by atoms with Gasteiger partial charge < -0.3 is 0 Å². The van der Waals surface area contributed by atoms with Crippen molar-refractivity contribution >= 4 is 17.0 Å². The first-order chi connectivity index (χ1) is 4.30. The second-order valence-corrected chi connectivity index (χ2v) is 1.58. The van der Waals surface area contributed by atoms with Gasteiger partial charge in [-0.2, -0.15) is 0 Å². The molecule has 0 saturated heterocycles. The van der Waals surface area contributed by atoms with Crippen LogP contribution in [-0.4, -0.2) is 4.98 Å². The van der Waals surface area contributed by atoms with E-state index in [4.69, 9.17) is 0 Å². The smallest absolute Gasteiger partial charge is 0.263 e. The number of aromatic nitrogens is 1. The van der Waals surface area contributed by atoms with E-state index in [-0.39, 0.29) is 22.5 Å². The van der Waals surface area contributed by atoms with Crippen LogP contribution in [-0.2, 0) is 0 Å². The molecule has 0 unspecified atom stereocenters. The van der Waals surface area contributed by atoms with Crippen LogP contribution in [0.3, 0.4) is 0 Å². The number of pyridine rings is 1. The normalized spacial score (nSPS) is 9.10. The van der Waals surface area contributed by atoms with Crippen LogP contribution in [0.2, 0.25) is 0 Å². The largest absolute Gasteiger partial charge is 0.265 e. The van der Waals surface area contributed by atoms with Crippen LogP contribution in [0.25, 0.3) is 0 Å². The molecule has 1 nitrogen and oxygen atoms in total. The molecule has 10 heavy (non-hydrogen) atoms. The molecule has 0 radical (unpaired) electrons. The highest BCUT2D eigenvalue weighted by Gasteiger charge is 2.03. The number of nitrogens with zero attached hydrogens (tertiary/aromatic N) is 1. The van der Waals surface area contributed by atoms with Gasteiger partial charge in [-0.05, 0) is 12.1 Å². The van der Waals surface area contributed by atoms with Gasteiger partial charge in [-0.1, -0.05) is 0 Å². The van der Waals surface area contributed by atoms with Gasteiger partial charge in [0.05, 0.1) is 0 Å². The lowest BCUT2D eigenvalue weighted by atomic mass is 10.3. The number of hydrogen-bond acceptors (Lipinski definition) is 1. The lowest BCUT2D eigenvalue weighted by Crippen LogP contribution is -1.81. The van der Waals surface area contributed by atoms with Crippen LogP contribution >= 0.6 is 17.0 Å². The van der Waals surface area contributed by atoms with Crippen LogP contribution in [0.5, 0.6) is 0 Å². The number of rotatable bonds is 1. The lowest BCUT2D eigenvalue weighted by molar-refractivity contribution is 0.151. The number of halogens is 3. The first-order valence-electron chi connectivity index (χ1n) is 2.49. The molecular formula is C6H6BrF2N. The van der Waals surface area contributed by atoms with Gasteiger partial charge in [0.25, 0.3) is 6.43 Å². The van der Waals surface area contributed by atoms with Crippen molar-refractivity contribution in [3.8, 4) is 0 Å². The highest BCUT2D eigenvalue weighted by Crippen LogP contribution is 2.15. The third-order valence-corrected chi connectivity index (χ3v) is 0.958. The lowest BCUT2D eigenvalue weighted by Gasteiger charge is -1.94. The summed E-state index contributed by atoms with van der Waals surface area (Å²) in [6.45, 7) is 0. The predicted molar refractivity (Wildman–Crippen MR) is 39.5 cm³/mol. The summed E-state index contributed by atoms with van der Waals surface area (Å²) in [5.74, 6) is 0. The summed E-state index contributed by atoms with van der Waals surface area (Å²) >= 11 is 0. The molecule has 0 N–H and O–H groups in total. The Morgan fingerprint density at radius 2 is 1.70 bits per heavy atom. The fraction of sp³-hybridized carbons (Fsp3) is 0.167. The molecule has 0 spiro atoms. The Balaban J connectivity index is 0.000000810. The van der Waals surface area contributed by atoms with E-state index in [2.05, 4.69) is 4.98 Å². The Hall–Kier alpha value is -0.510. The molecule has 0 saturated carbocycles. The summed E-state index contributed by atoms with van der Waals surface area (Å²) in [5.41, 5.74) is 0.0185. The number of alkyl halides is 2. The van der Waals surface area contributed by atoms with Gasteiger partial charge >= 0.3 is 0 Å². The molecule has 0 atom stereocenters. The van der Waals surface area contributed by atoms with E-state index in [0.717, 1.165) is 0 Å². The van der Waals surface area contributed by atoms with Crippen molar-refractivity contribution < 1.29 is 8.78 Å². The topological polar surface area (TPSA) is 12.9 Å². The van der Waals surface area contributed by atoms with Gasteiger partial charge in [-0.3, -0.25) is 4.98 Å². The average Bonchev–Trinajstić information content (AvgIpc) is 1.90. The zero-order valence-corrected chi connectivity index (χ0v) is 6.71. The molecule has 56 valence electrons. The first kappa shape index (κ1) is 9.49. The molecule has 1 aromatic rings. The molecule has 0 bridgehead atoms. The Morgan fingerprint density at radius 1 is 1.20 bits per heavy atom. The summed E-state index contributed by atoms with van der Waals surface area (Å²) in [5, 5.41) is 0. The van der Waals surface area contributed by atoms with Gasteiger partial charge in [-0.15, -0.1) is 17.0 Å². The predicted octanol–water partition coefficient (Wildman–Crippen LogP) is 2.60. The third-order valence-electron chi connectivity index (χ3n) is 0.958. The average molecular weight is 210 g/mol. The van der Waals surface area contributed by atoms with E-state index in [1.54, 1.807) is 0 Å². The summed E-state index contributed by atoms with van der Waals surface area (Å²) in [6.07, 6.45) is 0.316. The van der Waals surface area contributed by atoms with Crippen LogP contribution < -0.4 is 0 Å². The summed E-state index contributed by atoms with van der Waals surface area (Å²) in [6, 6.07) is 2.59. The van der Waals surface area contributed by atoms with Gasteiger partial charge in [0, 0.05) is 18.0 Å². The third kappa shape index (κ3) is 2.39. The molecule has 0 aromatic carbocycles. The zero-order chi connectivity index (χ0) is 6.69. The van der Waals surface area contributed by atoms with Crippen LogP contribution in [0.4, 0.5) is 8.78 Å². The van der Waals surface area contributed by atoms with Gasteiger partial charge in [0.1, 0.15) is 0 Å². The minimum atomic E-state index is -2.38. The van der Waals surface area contributed by atoms with E-state index in [0.29, 0.717) is 0 Å². The molecule has 0 aliphatic heterocycles. The first-order valence-corrected chi connectivity index (χ1v) is 2.49. The van der Waals surface area contributed by atoms with E-state index >= 15 is 0 Å². The monoisotopic (exact) mass is 209 g/mol. The van der Waals surface area contributed by atoms with E-state index in [1.165, 1.54) is 24.5 Å². The van der Waals surface area contributed by atoms with Gasteiger partial charge in [0.15, 0.2) is 0 Å². The fourth-order valence-electron chi connectivity index (χ4n) is 0.509. The minimum absolute atomic E-state index is 0. The maximum absolute atomic E-state index is 11.7. The molecule has 4 heteroatoms. The van der Waals surface area contributed by atoms with Crippen molar-refractivity contribution in [1.82, 2.24) is 4.98 Å². The summed E-state index contributed by atoms with van der Waals surface area (Å²) in [7, 11) is 0.